The van der Waals surface area contributed by atoms with E-state index in [1.54, 1.807) is 18.2 Å². The van der Waals surface area contributed by atoms with Crippen LogP contribution in [-0.2, 0) is 4.79 Å². The van der Waals surface area contributed by atoms with Crippen LogP contribution in [0.3, 0.4) is 0 Å². The van der Waals surface area contributed by atoms with E-state index < -0.39 is 18.4 Å². The third kappa shape index (κ3) is 2.73. The van der Waals surface area contributed by atoms with E-state index in [0.29, 0.717) is 29.6 Å². The number of aliphatic hydroxyl groups is 1. The molecule has 2 aromatic rings. The number of amides is 1. The number of alkyl halides is 2. The van der Waals surface area contributed by atoms with Gasteiger partial charge in [0.2, 0.25) is 5.91 Å². The minimum absolute atomic E-state index is 0.243. The van der Waals surface area contributed by atoms with Crippen molar-refractivity contribution in [3.05, 3.63) is 24.0 Å². The summed E-state index contributed by atoms with van der Waals surface area (Å²) >= 11 is 0. The molecule has 21 heavy (non-hydrogen) atoms. The second-order valence-electron chi connectivity index (χ2n) is 5.25. The predicted octanol–water partition coefficient (Wildman–Crippen LogP) is 2.60. The standard InChI is InChI=1S/C14H15F2N3O2/c15-12(16)13-18-9-5-4-7(6-10(9)19-13)17-14(21)8-2-1-3-11(8)20/h4-6,8,11-12,20H,1-3H2,(H,17,21)(H,18,19). The average Bonchev–Trinajstić information content (AvgIpc) is 3.04. The molecule has 0 radical (unpaired) electrons. The molecule has 7 heteroatoms. The van der Waals surface area contributed by atoms with Crippen molar-refractivity contribution in [1.29, 1.82) is 0 Å². The number of imidazole rings is 1. The molecular formula is C14H15F2N3O2. The van der Waals surface area contributed by atoms with Gasteiger partial charge in [0.25, 0.3) is 6.43 Å². The maximum Gasteiger partial charge on any atom is 0.295 e. The number of hydrogen-bond acceptors (Lipinski definition) is 3. The van der Waals surface area contributed by atoms with Crippen molar-refractivity contribution >= 4 is 22.6 Å². The first-order chi connectivity index (χ1) is 10.0. The molecule has 2 unspecified atom stereocenters. The molecule has 0 saturated heterocycles. The number of rotatable bonds is 3. The van der Waals surface area contributed by atoms with Crippen LogP contribution in [-0.4, -0.2) is 27.1 Å². The van der Waals surface area contributed by atoms with Crippen LogP contribution in [0.1, 0.15) is 31.5 Å². The largest absolute Gasteiger partial charge is 0.392 e. The van der Waals surface area contributed by atoms with Gasteiger partial charge in [0.1, 0.15) is 0 Å². The summed E-state index contributed by atoms with van der Waals surface area (Å²) in [5.41, 5.74) is 1.36. The van der Waals surface area contributed by atoms with E-state index in [4.69, 9.17) is 0 Å². The van der Waals surface area contributed by atoms with Crippen LogP contribution in [0.25, 0.3) is 11.0 Å². The zero-order chi connectivity index (χ0) is 15.0. The van der Waals surface area contributed by atoms with Crippen molar-refractivity contribution in [3.63, 3.8) is 0 Å². The Morgan fingerprint density at radius 1 is 1.43 bits per heavy atom. The summed E-state index contributed by atoms with van der Waals surface area (Å²) < 4.78 is 25.1. The van der Waals surface area contributed by atoms with Gasteiger partial charge in [0.05, 0.1) is 23.1 Å². The second-order valence-corrected chi connectivity index (χ2v) is 5.25. The third-order valence-corrected chi connectivity index (χ3v) is 3.79. The topological polar surface area (TPSA) is 78.0 Å². The van der Waals surface area contributed by atoms with Crippen molar-refractivity contribution in [1.82, 2.24) is 9.97 Å². The Morgan fingerprint density at radius 3 is 2.90 bits per heavy atom. The summed E-state index contributed by atoms with van der Waals surface area (Å²) in [5.74, 6) is -1.04. The molecule has 0 bridgehead atoms. The number of halogens is 2. The van der Waals surface area contributed by atoms with E-state index in [-0.39, 0.29) is 11.7 Å². The molecule has 0 spiro atoms. The minimum Gasteiger partial charge on any atom is -0.392 e. The first-order valence-corrected chi connectivity index (χ1v) is 6.81. The highest BCUT2D eigenvalue weighted by Gasteiger charge is 2.31. The first kappa shape index (κ1) is 13.9. The summed E-state index contributed by atoms with van der Waals surface area (Å²) in [6, 6.07) is 4.74. The second kappa shape index (κ2) is 5.40. The average molecular weight is 295 g/mol. The third-order valence-electron chi connectivity index (χ3n) is 3.79. The lowest BCUT2D eigenvalue weighted by Gasteiger charge is -2.14. The van der Waals surface area contributed by atoms with Gasteiger partial charge in [-0.3, -0.25) is 4.79 Å². The van der Waals surface area contributed by atoms with E-state index in [2.05, 4.69) is 15.3 Å². The van der Waals surface area contributed by atoms with Crippen molar-refractivity contribution in [2.75, 3.05) is 5.32 Å². The van der Waals surface area contributed by atoms with Gasteiger partial charge >= 0.3 is 0 Å². The highest BCUT2D eigenvalue weighted by molar-refractivity contribution is 5.95. The number of hydrogen-bond donors (Lipinski definition) is 3. The van der Waals surface area contributed by atoms with Crippen molar-refractivity contribution in [3.8, 4) is 0 Å². The molecule has 112 valence electrons. The summed E-state index contributed by atoms with van der Waals surface area (Å²) in [6.07, 6.45) is -1.14. The van der Waals surface area contributed by atoms with Crippen LogP contribution >= 0.6 is 0 Å². The van der Waals surface area contributed by atoms with Gasteiger partial charge in [0.15, 0.2) is 5.82 Å². The molecule has 1 amide bonds. The van der Waals surface area contributed by atoms with Crippen LogP contribution in [0, 0.1) is 5.92 Å². The van der Waals surface area contributed by atoms with Gasteiger partial charge in [-0.15, -0.1) is 0 Å². The molecule has 3 N–H and O–H groups in total. The molecule has 1 aromatic carbocycles. The molecule has 1 aliphatic carbocycles. The number of aliphatic hydroxyl groups excluding tert-OH is 1. The summed E-state index contributed by atoms with van der Waals surface area (Å²) in [4.78, 5) is 18.3. The lowest BCUT2D eigenvalue weighted by molar-refractivity contribution is -0.122. The normalized spacial score (nSPS) is 22.1. The van der Waals surface area contributed by atoms with Crippen LogP contribution in [0.4, 0.5) is 14.5 Å². The Bertz CT molecular complexity index is 671. The summed E-state index contributed by atoms with van der Waals surface area (Å²) in [7, 11) is 0. The quantitative estimate of drug-likeness (QED) is 0.814. The van der Waals surface area contributed by atoms with E-state index >= 15 is 0 Å². The zero-order valence-corrected chi connectivity index (χ0v) is 11.1. The predicted molar refractivity (Wildman–Crippen MR) is 73.0 cm³/mol. The number of benzene rings is 1. The molecule has 1 heterocycles. The molecule has 1 saturated carbocycles. The maximum atomic E-state index is 12.6. The van der Waals surface area contributed by atoms with Crippen molar-refractivity contribution in [2.24, 2.45) is 5.92 Å². The van der Waals surface area contributed by atoms with Gasteiger partial charge < -0.3 is 15.4 Å². The smallest absolute Gasteiger partial charge is 0.295 e. The molecule has 2 atom stereocenters. The van der Waals surface area contributed by atoms with E-state index in [9.17, 15) is 18.7 Å². The van der Waals surface area contributed by atoms with Crippen LogP contribution in [0.5, 0.6) is 0 Å². The number of carbonyl (C=O) groups excluding carboxylic acids is 1. The number of fused-ring (bicyclic) bond motifs is 1. The SMILES string of the molecule is O=C(Nc1ccc2nc(C(F)F)[nH]c2c1)C1CCCC1O. The van der Waals surface area contributed by atoms with Crippen LogP contribution in [0.2, 0.25) is 0 Å². The Labute approximate surface area is 119 Å². The maximum absolute atomic E-state index is 12.6. The molecule has 5 nitrogen and oxygen atoms in total. The number of anilines is 1. The number of aromatic amines is 1. The molecule has 1 aliphatic rings. The minimum atomic E-state index is -2.66. The lowest BCUT2D eigenvalue weighted by atomic mass is 10.1. The molecule has 1 fully saturated rings. The molecule has 1 aromatic heterocycles. The van der Waals surface area contributed by atoms with Gasteiger partial charge in [-0.25, -0.2) is 13.8 Å². The number of H-pyrrole nitrogens is 1. The van der Waals surface area contributed by atoms with Gasteiger partial charge in [-0.05, 0) is 37.5 Å². The van der Waals surface area contributed by atoms with Gasteiger partial charge in [0, 0.05) is 5.69 Å². The highest BCUT2D eigenvalue weighted by atomic mass is 19.3. The molecular weight excluding hydrogens is 280 g/mol. The van der Waals surface area contributed by atoms with Crippen LogP contribution in [0.15, 0.2) is 18.2 Å². The Hall–Kier alpha value is -2.02. The Balaban J connectivity index is 1.79. The summed E-state index contributed by atoms with van der Waals surface area (Å²) in [5, 5.41) is 12.4. The first-order valence-electron chi connectivity index (χ1n) is 6.81. The van der Waals surface area contributed by atoms with Crippen molar-refractivity contribution < 1.29 is 18.7 Å². The van der Waals surface area contributed by atoms with Gasteiger partial charge in [-0.1, -0.05) is 0 Å². The zero-order valence-electron chi connectivity index (χ0n) is 11.1. The Kier molecular flexibility index (Phi) is 3.59. The highest BCUT2D eigenvalue weighted by Crippen LogP contribution is 2.27. The van der Waals surface area contributed by atoms with E-state index in [1.165, 1.54) is 0 Å². The monoisotopic (exact) mass is 295 g/mol. The lowest BCUT2D eigenvalue weighted by Crippen LogP contribution is -2.28. The van der Waals surface area contributed by atoms with Crippen LogP contribution < -0.4 is 5.32 Å². The summed E-state index contributed by atoms with van der Waals surface area (Å²) in [6.45, 7) is 0. The number of aromatic nitrogens is 2. The molecule has 0 aliphatic heterocycles. The Morgan fingerprint density at radius 2 is 2.24 bits per heavy atom. The fourth-order valence-corrected chi connectivity index (χ4v) is 2.69. The van der Waals surface area contributed by atoms with E-state index in [1.807, 2.05) is 0 Å². The van der Waals surface area contributed by atoms with Crippen molar-refractivity contribution in [2.45, 2.75) is 31.8 Å². The number of nitrogens with zero attached hydrogens (tertiary/aromatic N) is 1. The molecule has 3 rings (SSSR count). The fraction of sp³-hybridized carbons (Fsp3) is 0.429. The number of carbonyl (C=O) groups is 1. The van der Waals surface area contributed by atoms with Gasteiger partial charge in [-0.2, -0.15) is 0 Å². The fourth-order valence-electron chi connectivity index (χ4n) is 2.69. The number of nitrogens with one attached hydrogen (secondary N) is 2. The van der Waals surface area contributed by atoms with E-state index in [0.717, 1.165) is 6.42 Å².